The van der Waals surface area contributed by atoms with Gasteiger partial charge in [-0.3, -0.25) is 4.79 Å². The highest BCUT2D eigenvalue weighted by molar-refractivity contribution is 9.11. The maximum Gasteiger partial charge on any atom is 0.261 e. The van der Waals surface area contributed by atoms with Crippen LogP contribution in [-0.4, -0.2) is 23.7 Å². The number of amides is 1. The third-order valence-electron chi connectivity index (χ3n) is 2.40. The lowest BCUT2D eigenvalue weighted by molar-refractivity contribution is 0.0901. The summed E-state index contributed by atoms with van der Waals surface area (Å²) in [5.41, 5.74) is 1.06. The van der Waals surface area contributed by atoms with Gasteiger partial charge in [0.05, 0.1) is 21.3 Å². The number of carbonyl (C=O) groups is 1. The Kier molecular flexibility index (Phi) is 4.95. The first-order valence-corrected chi connectivity index (χ1v) is 6.74. The first-order valence-electron chi connectivity index (χ1n) is 5.13. The van der Waals surface area contributed by atoms with Crippen LogP contribution in [-0.2, 0) is 0 Å². The number of rotatable bonds is 4. The normalized spacial score (nSPS) is 12.9. The van der Waals surface area contributed by atoms with Gasteiger partial charge in [-0.15, -0.1) is 11.3 Å². The van der Waals surface area contributed by atoms with Crippen molar-refractivity contribution in [2.45, 2.75) is 26.8 Å². The van der Waals surface area contributed by atoms with Crippen molar-refractivity contribution in [3.05, 3.63) is 20.3 Å². The van der Waals surface area contributed by atoms with Crippen LogP contribution in [0.25, 0.3) is 0 Å². The van der Waals surface area contributed by atoms with E-state index in [2.05, 4.69) is 21.2 Å². The van der Waals surface area contributed by atoms with Gasteiger partial charge in [0.1, 0.15) is 0 Å². The zero-order chi connectivity index (χ0) is 12.3. The van der Waals surface area contributed by atoms with Gasteiger partial charge in [-0.05, 0) is 40.4 Å². The summed E-state index contributed by atoms with van der Waals surface area (Å²) in [4.78, 5) is 12.5. The van der Waals surface area contributed by atoms with E-state index >= 15 is 0 Å². The molecule has 0 saturated carbocycles. The predicted molar refractivity (Wildman–Crippen MR) is 69.9 cm³/mol. The van der Waals surface area contributed by atoms with Gasteiger partial charge in [0, 0.05) is 0 Å². The lowest BCUT2D eigenvalue weighted by atomic mass is 10.1. The molecule has 0 fully saturated rings. The van der Waals surface area contributed by atoms with Crippen LogP contribution in [0, 0.1) is 12.8 Å². The summed E-state index contributed by atoms with van der Waals surface area (Å²) in [6.07, 6.45) is 0. The van der Waals surface area contributed by atoms with Gasteiger partial charge >= 0.3 is 0 Å². The maximum absolute atomic E-state index is 11.9. The molecule has 1 amide bonds. The van der Waals surface area contributed by atoms with Crippen LogP contribution in [0.5, 0.6) is 0 Å². The van der Waals surface area contributed by atoms with Crippen LogP contribution in [0.3, 0.4) is 0 Å². The quantitative estimate of drug-likeness (QED) is 0.898. The molecule has 3 nitrogen and oxygen atoms in total. The fourth-order valence-electron chi connectivity index (χ4n) is 1.23. The second-order valence-corrected chi connectivity index (χ2v) is 6.44. The first kappa shape index (κ1) is 13.7. The molecular formula is C11H16BrNO2S. The molecule has 1 heterocycles. The number of thiophene rings is 1. The van der Waals surface area contributed by atoms with E-state index in [0.717, 1.165) is 9.35 Å². The summed E-state index contributed by atoms with van der Waals surface area (Å²) in [5, 5.41) is 12.0. The fraction of sp³-hybridized carbons (Fsp3) is 0.545. The third-order valence-corrected chi connectivity index (χ3v) is 4.53. The van der Waals surface area contributed by atoms with Crippen molar-refractivity contribution in [1.82, 2.24) is 5.32 Å². The van der Waals surface area contributed by atoms with Gasteiger partial charge in [0.15, 0.2) is 0 Å². The van der Waals surface area contributed by atoms with Crippen molar-refractivity contribution in [2.24, 2.45) is 5.92 Å². The smallest absolute Gasteiger partial charge is 0.261 e. The van der Waals surface area contributed by atoms with E-state index in [1.54, 1.807) is 0 Å². The highest BCUT2D eigenvalue weighted by Crippen LogP contribution is 2.27. The molecule has 0 aliphatic heterocycles. The van der Waals surface area contributed by atoms with Crippen molar-refractivity contribution in [2.75, 3.05) is 6.61 Å². The molecule has 0 unspecified atom stereocenters. The summed E-state index contributed by atoms with van der Waals surface area (Å²) < 4.78 is 0.975. The number of aliphatic hydroxyl groups is 1. The minimum absolute atomic E-state index is 0.0328. The number of hydrogen-bond acceptors (Lipinski definition) is 3. The van der Waals surface area contributed by atoms with Crippen molar-refractivity contribution in [3.8, 4) is 0 Å². The second-order valence-electron chi connectivity index (χ2n) is 4.07. The standard InChI is InChI=1S/C11H16BrNO2S/c1-6(2)8(5-14)13-11(15)9-4-7(3)10(12)16-9/h4,6,8,14H,5H2,1-3H3,(H,13,15)/t8-/m1/s1. The molecule has 1 rings (SSSR count). The van der Waals surface area contributed by atoms with Crippen molar-refractivity contribution in [3.63, 3.8) is 0 Å². The Morgan fingerprint density at radius 1 is 1.62 bits per heavy atom. The van der Waals surface area contributed by atoms with Gasteiger partial charge in [-0.25, -0.2) is 0 Å². The summed E-state index contributed by atoms with van der Waals surface area (Å²) in [7, 11) is 0. The van der Waals surface area contributed by atoms with Gasteiger partial charge in [0.2, 0.25) is 0 Å². The molecule has 1 aromatic rings. The average molecular weight is 306 g/mol. The Morgan fingerprint density at radius 2 is 2.25 bits per heavy atom. The van der Waals surface area contributed by atoms with Crippen molar-refractivity contribution in [1.29, 1.82) is 0 Å². The topological polar surface area (TPSA) is 49.3 Å². The van der Waals surface area contributed by atoms with Crippen LogP contribution in [0.4, 0.5) is 0 Å². The highest BCUT2D eigenvalue weighted by Gasteiger charge is 2.18. The Morgan fingerprint density at radius 3 is 2.62 bits per heavy atom. The van der Waals surface area contributed by atoms with E-state index < -0.39 is 0 Å². The van der Waals surface area contributed by atoms with E-state index in [1.807, 2.05) is 26.8 Å². The summed E-state index contributed by atoms with van der Waals surface area (Å²) >= 11 is 4.80. The number of nitrogens with one attached hydrogen (secondary N) is 1. The van der Waals surface area contributed by atoms with Crippen LogP contribution >= 0.6 is 27.3 Å². The molecule has 0 aliphatic carbocycles. The molecule has 0 radical (unpaired) electrons. The lowest BCUT2D eigenvalue weighted by Crippen LogP contribution is -2.40. The number of aryl methyl sites for hydroxylation is 1. The molecule has 0 bridgehead atoms. The lowest BCUT2D eigenvalue weighted by Gasteiger charge is -2.19. The zero-order valence-electron chi connectivity index (χ0n) is 9.58. The minimum Gasteiger partial charge on any atom is -0.394 e. The third kappa shape index (κ3) is 3.30. The van der Waals surface area contributed by atoms with Crippen molar-refractivity contribution < 1.29 is 9.90 Å². The Bertz CT molecular complexity index is 357. The van der Waals surface area contributed by atoms with Crippen molar-refractivity contribution >= 4 is 33.2 Å². The molecule has 0 spiro atoms. The molecular weight excluding hydrogens is 290 g/mol. The fourth-order valence-corrected chi connectivity index (χ4v) is 2.67. The maximum atomic E-state index is 11.9. The zero-order valence-corrected chi connectivity index (χ0v) is 12.0. The molecule has 5 heteroatoms. The molecule has 0 saturated heterocycles. The highest BCUT2D eigenvalue weighted by atomic mass is 79.9. The Labute approximate surface area is 108 Å². The van der Waals surface area contributed by atoms with Crippen LogP contribution in [0.2, 0.25) is 0 Å². The summed E-state index contributed by atoms with van der Waals surface area (Å²) in [6, 6.07) is 1.66. The number of hydrogen-bond donors (Lipinski definition) is 2. The van der Waals surface area contributed by atoms with Gasteiger partial charge in [-0.1, -0.05) is 13.8 Å². The van der Waals surface area contributed by atoms with Gasteiger partial charge in [0.25, 0.3) is 5.91 Å². The molecule has 0 aromatic carbocycles. The Hall–Kier alpha value is -0.390. The molecule has 90 valence electrons. The molecule has 16 heavy (non-hydrogen) atoms. The van der Waals surface area contributed by atoms with Crippen LogP contribution in [0.1, 0.15) is 29.1 Å². The largest absolute Gasteiger partial charge is 0.394 e. The molecule has 0 aliphatic rings. The van der Waals surface area contributed by atoms with E-state index in [1.165, 1.54) is 11.3 Å². The number of halogens is 1. The molecule has 1 atom stereocenters. The minimum atomic E-state index is -0.186. The predicted octanol–water partition coefficient (Wildman–Crippen LogP) is 2.57. The van der Waals surface area contributed by atoms with Crippen LogP contribution in [0.15, 0.2) is 9.85 Å². The van der Waals surface area contributed by atoms with Gasteiger partial charge < -0.3 is 10.4 Å². The molecule has 2 N–H and O–H groups in total. The SMILES string of the molecule is Cc1cc(C(=O)N[C@H](CO)C(C)C)sc1Br. The van der Waals surface area contributed by atoms with E-state index in [0.29, 0.717) is 4.88 Å². The summed E-state index contributed by atoms with van der Waals surface area (Å²) in [6.45, 7) is 5.85. The van der Waals surface area contributed by atoms with E-state index in [-0.39, 0.29) is 24.5 Å². The number of carbonyl (C=O) groups excluding carboxylic acids is 1. The van der Waals surface area contributed by atoms with E-state index in [9.17, 15) is 4.79 Å². The number of aliphatic hydroxyl groups excluding tert-OH is 1. The van der Waals surface area contributed by atoms with Gasteiger partial charge in [-0.2, -0.15) is 0 Å². The molecule has 1 aromatic heterocycles. The average Bonchev–Trinajstić information content (AvgIpc) is 2.55. The first-order chi connectivity index (χ1) is 7.45. The Balaban J connectivity index is 2.71. The van der Waals surface area contributed by atoms with Crippen LogP contribution < -0.4 is 5.32 Å². The second kappa shape index (κ2) is 5.80. The van der Waals surface area contributed by atoms with E-state index in [4.69, 9.17) is 5.11 Å². The summed E-state index contributed by atoms with van der Waals surface area (Å²) in [5.74, 6) is 0.102. The monoisotopic (exact) mass is 305 g/mol.